The zero-order chi connectivity index (χ0) is 13.0. The summed E-state index contributed by atoms with van der Waals surface area (Å²) in [7, 11) is 5.02. The quantitative estimate of drug-likeness (QED) is 0.815. The summed E-state index contributed by atoms with van der Waals surface area (Å²) < 4.78 is 0. The molecule has 0 aliphatic rings. The van der Waals surface area contributed by atoms with Crippen LogP contribution in [-0.2, 0) is 4.79 Å². The molecule has 92 valence electrons. The number of carbonyl (C=O) groups excluding carboxylic acids is 1. The monoisotopic (exact) mass is 237 g/mol. The zero-order valence-corrected chi connectivity index (χ0v) is 10.0. The molecule has 6 heteroatoms. The van der Waals surface area contributed by atoms with E-state index in [1.54, 1.807) is 38.2 Å². The lowest BCUT2D eigenvalue weighted by atomic mass is 10.3. The standard InChI is InChI=1S/C11H15N3O3/c1-13(2)10(15)7-14(3)9-6-4-5-8(12-9)11(16)17/h4-6H,7H2,1-3H3,(H,16,17). The van der Waals surface area contributed by atoms with Crippen LogP contribution in [0.3, 0.4) is 0 Å². The van der Waals surface area contributed by atoms with Crippen LogP contribution in [0.1, 0.15) is 10.5 Å². The van der Waals surface area contributed by atoms with Crippen LogP contribution in [0.25, 0.3) is 0 Å². The van der Waals surface area contributed by atoms with Crippen LogP contribution in [0.5, 0.6) is 0 Å². The Bertz CT molecular complexity index is 432. The number of pyridine rings is 1. The van der Waals surface area contributed by atoms with E-state index in [4.69, 9.17) is 5.11 Å². The van der Waals surface area contributed by atoms with E-state index in [2.05, 4.69) is 4.98 Å². The second kappa shape index (κ2) is 5.29. The molecule has 0 unspecified atom stereocenters. The van der Waals surface area contributed by atoms with Gasteiger partial charge in [0.25, 0.3) is 0 Å². The summed E-state index contributed by atoms with van der Waals surface area (Å²) in [6.07, 6.45) is 0. The number of likely N-dealkylation sites (N-methyl/N-ethyl adjacent to an activating group) is 2. The minimum Gasteiger partial charge on any atom is -0.477 e. The molecule has 1 heterocycles. The molecule has 6 nitrogen and oxygen atoms in total. The molecule has 0 bridgehead atoms. The maximum atomic E-state index is 11.5. The SMILES string of the molecule is CN(C)C(=O)CN(C)c1cccc(C(=O)O)n1. The van der Waals surface area contributed by atoms with Crippen molar-refractivity contribution in [2.75, 3.05) is 32.6 Å². The highest BCUT2D eigenvalue weighted by atomic mass is 16.4. The second-order valence-electron chi connectivity index (χ2n) is 3.83. The number of hydrogen-bond acceptors (Lipinski definition) is 4. The normalized spacial score (nSPS) is 9.82. The number of anilines is 1. The minimum absolute atomic E-state index is 0.0355. The van der Waals surface area contributed by atoms with Gasteiger partial charge < -0.3 is 14.9 Å². The molecular weight excluding hydrogens is 222 g/mol. The molecule has 1 amide bonds. The van der Waals surface area contributed by atoms with E-state index in [-0.39, 0.29) is 18.1 Å². The highest BCUT2D eigenvalue weighted by Crippen LogP contribution is 2.09. The number of amides is 1. The molecule has 0 fully saturated rings. The van der Waals surface area contributed by atoms with Crippen molar-refractivity contribution >= 4 is 17.7 Å². The summed E-state index contributed by atoms with van der Waals surface area (Å²) in [6, 6.07) is 4.67. The number of carbonyl (C=O) groups is 2. The van der Waals surface area contributed by atoms with Crippen LogP contribution in [0.4, 0.5) is 5.82 Å². The minimum atomic E-state index is -1.08. The Hall–Kier alpha value is -2.11. The van der Waals surface area contributed by atoms with E-state index < -0.39 is 5.97 Å². The Morgan fingerprint density at radius 1 is 1.29 bits per heavy atom. The van der Waals surface area contributed by atoms with Gasteiger partial charge >= 0.3 is 5.97 Å². The summed E-state index contributed by atoms with van der Waals surface area (Å²) in [5, 5.41) is 8.80. The van der Waals surface area contributed by atoms with Crippen LogP contribution in [0.15, 0.2) is 18.2 Å². The van der Waals surface area contributed by atoms with Gasteiger partial charge in [-0.15, -0.1) is 0 Å². The zero-order valence-electron chi connectivity index (χ0n) is 10.0. The molecule has 0 aliphatic heterocycles. The maximum absolute atomic E-state index is 11.5. The number of aromatic carboxylic acids is 1. The van der Waals surface area contributed by atoms with Crippen molar-refractivity contribution in [1.82, 2.24) is 9.88 Å². The number of carboxylic acid groups (broad SMARTS) is 1. The summed E-state index contributed by atoms with van der Waals surface area (Å²) in [5.74, 6) is -0.700. The Morgan fingerprint density at radius 3 is 2.47 bits per heavy atom. The first-order valence-corrected chi connectivity index (χ1v) is 5.03. The largest absolute Gasteiger partial charge is 0.477 e. The van der Waals surface area contributed by atoms with Gasteiger partial charge in [-0.25, -0.2) is 9.78 Å². The third-order valence-corrected chi connectivity index (χ3v) is 2.22. The molecule has 17 heavy (non-hydrogen) atoms. The van der Waals surface area contributed by atoms with Crippen molar-refractivity contribution in [2.24, 2.45) is 0 Å². The number of aromatic nitrogens is 1. The highest BCUT2D eigenvalue weighted by molar-refractivity contribution is 5.86. The van der Waals surface area contributed by atoms with E-state index in [0.717, 1.165) is 0 Å². The molecule has 0 saturated carbocycles. The molecule has 1 N–H and O–H groups in total. The highest BCUT2D eigenvalue weighted by Gasteiger charge is 2.12. The molecule has 0 aromatic carbocycles. The number of nitrogens with zero attached hydrogens (tertiary/aromatic N) is 3. The summed E-state index contributed by atoms with van der Waals surface area (Å²) in [4.78, 5) is 29.3. The number of hydrogen-bond donors (Lipinski definition) is 1. The average Bonchev–Trinajstić information content (AvgIpc) is 2.28. The Kier molecular flexibility index (Phi) is 4.03. The third kappa shape index (κ3) is 3.44. The van der Waals surface area contributed by atoms with Gasteiger partial charge in [0.1, 0.15) is 5.82 Å². The second-order valence-corrected chi connectivity index (χ2v) is 3.83. The van der Waals surface area contributed by atoms with Gasteiger partial charge in [-0.2, -0.15) is 0 Å². The number of rotatable bonds is 4. The first-order chi connectivity index (χ1) is 7.91. The maximum Gasteiger partial charge on any atom is 0.354 e. The molecule has 1 aromatic heterocycles. The first kappa shape index (κ1) is 13.0. The molecular formula is C11H15N3O3. The van der Waals surface area contributed by atoms with Crippen LogP contribution in [-0.4, -0.2) is 54.6 Å². The van der Waals surface area contributed by atoms with Crippen LogP contribution < -0.4 is 4.90 Å². The lowest BCUT2D eigenvalue weighted by molar-refractivity contribution is -0.127. The van der Waals surface area contributed by atoms with Crippen LogP contribution in [0, 0.1) is 0 Å². The summed E-state index contributed by atoms with van der Waals surface area (Å²) in [6.45, 7) is 0.156. The predicted octanol–water partition coefficient (Wildman–Crippen LogP) is 0.304. The van der Waals surface area contributed by atoms with Crippen molar-refractivity contribution in [3.63, 3.8) is 0 Å². The van der Waals surface area contributed by atoms with Gasteiger partial charge in [-0.1, -0.05) is 6.07 Å². The molecule has 0 atom stereocenters. The van der Waals surface area contributed by atoms with Gasteiger partial charge in [0, 0.05) is 21.1 Å². The van der Waals surface area contributed by atoms with E-state index in [1.807, 2.05) is 0 Å². The van der Waals surface area contributed by atoms with Crippen molar-refractivity contribution in [2.45, 2.75) is 0 Å². The molecule has 1 aromatic rings. The molecule has 1 rings (SSSR count). The Balaban J connectivity index is 2.82. The van der Waals surface area contributed by atoms with Crippen molar-refractivity contribution in [3.05, 3.63) is 23.9 Å². The van der Waals surface area contributed by atoms with Gasteiger partial charge in [-0.3, -0.25) is 4.79 Å². The fourth-order valence-corrected chi connectivity index (χ4v) is 1.18. The summed E-state index contributed by atoms with van der Waals surface area (Å²) in [5.41, 5.74) is -0.0355. The fraction of sp³-hybridized carbons (Fsp3) is 0.364. The van der Waals surface area contributed by atoms with Gasteiger partial charge in [0.15, 0.2) is 5.69 Å². The smallest absolute Gasteiger partial charge is 0.354 e. The lowest BCUT2D eigenvalue weighted by Crippen LogP contribution is -2.34. The molecule has 0 aliphatic carbocycles. The van der Waals surface area contributed by atoms with Gasteiger partial charge in [-0.05, 0) is 12.1 Å². The van der Waals surface area contributed by atoms with Crippen molar-refractivity contribution < 1.29 is 14.7 Å². The van der Waals surface area contributed by atoms with Crippen molar-refractivity contribution in [3.8, 4) is 0 Å². The fourth-order valence-electron chi connectivity index (χ4n) is 1.18. The molecule has 0 spiro atoms. The van der Waals surface area contributed by atoms with E-state index in [9.17, 15) is 9.59 Å². The summed E-state index contributed by atoms with van der Waals surface area (Å²) >= 11 is 0. The Morgan fingerprint density at radius 2 is 1.94 bits per heavy atom. The molecule has 0 saturated heterocycles. The first-order valence-electron chi connectivity index (χ1n) is 5.03. The van der Waals surface area contributed by atoms with E-state index in [0.29, 0.717) is 5.82 Å². The average molecular weight is 237 g/mol. The number of carboxylic acids is 1. The molecule has 0 radical (unpaired) electrons. The predicted molar refractivity (Wildman–Crippen MR) is 63.2 cm³/mol. The van der Waals surface area contributed by atoms with E-state index >= 15 is 0 Å². The van der Waals surface area contributed by atoms with Crippen molar-refractivity contribution in [1.29, 1.82) is 0 Å². The van der Waals surface area contributed by atoms with Gasteiger partial charge in [0.05, 0.1) is 6.54 Å². The van der Waals surface area contributed by atoms with Gasteiger partial charge in [0.2, 0.25) is 5.91 Å². The topological polar surface area (TPSA) is 73.7 Å². The van der Waals surface area contributed by atoms with Crippen LogP contribution in [0.2, 0.25) is 0 Å². The van der Waals surface area contributed by atoms with E-state index in [1.165, 1.54) is 11.0 Å². The third-order valence-electron chi connectivity index (χ3n) is 2.22. The Labute approximate surface area is 99.5 Å². The van der Waals surface area contributed by atoms with Crippen LogP contribution >= 0.6 is 0 Å². The lowest BCUT2D eigenvalue weighted by Gasteiger charge is -2.20.